The third kappa shape index (κ3) is 3.67. The number of nitrogens with zero attached hydrogens (tertiary/aromatic N) is 2. The molecule has 0 aliphatic carbocycles. The summed E-state index contributed by atoms with van der Waals surface area (Å²) in [5.41, 5.74) is 2.73. The van der Waals surface area contributed by atoms with Crippen molar-refractivity contribution < 1.29 is 14.6 Å². The van der Waals surface area contributed by atoms with Crippen LogP contribution in [0, 0.1) is 0 Å². The zero-order valence-corrected chi connectivity index (χ0v) is 13.9. The van der Waals surface area contributed by atoms with Crippen LogP contribution in [0.4, 0.5) is 0 Å². The Kier molecular flexibility index (Phi) is 4.99. The van der Waals surface area contributed by atoms with Crippen molar-refractivity contribution in [3.05, 3.63) is 42.3 Å². The summed E-state index contributed by atoms with van der Waals surface area (Å²) in [7, 11) is 0. The number of nitrogens with one attached hydrogen (secondary N) is 1. The van der Waals surface area contributed by atoms with Gasteiger partial charge in [-0.3, -0.25) is 4.90 Å². The zero-order chi connectivity index (χ0) is 17.1. The molecule has 3 aromatic rings. The van der Waals surface area contributed by atoms with E-state index < -0.39 is 12.2 Å². The number of hydrogen-bond acceptors (Lipinski definition) is 5. The van der Waals surface area contributed by atoms with Gasteiger partial charge in [-0.1, -0.05) is 0 Å². The molecule has 0 aromatic carbocycles. The second-order valence-electron chi connectivity index (χ2n) is 6.25. The maximum absolute atomic E-state index is 9.77. The van der Waals surface area contributed by atoms with E-state index in [1.54, 1.807) is 26.3 Å². The number of aliphatic hydroxyl groups excluding tert-OH is 2. The van der Waals surface area contributed by atoms with E-state index in [2.05, 4.69) is 9.97 Å². The molecule has 2 atom stereocenters. The summed E-state index contributed by atoms with van der Waals surface area (Å²) < 4.78 is 5.56. The molecule has 24 heavy (non-hydrogen) atoms. The highest BCUT2D eigenvalue weighted by molar-refractivity contribution is 5.87. The number of furan rings is 1. The van der Waals surface area contributed by atoms with Crippen molar-refractivity contribution in [2.45, 2.75) is 32.6 Å². The summed E-state index contributed by atoms with van der Waals surface area (Å²) in [6.45, 7) is 5.04. The van der Waals surface area contributed by atoms with Crippen LogP contribution in [0.2, 0.25) is 0 Å². The van der Waals surface area contributed by atoms with Gasteiger partial charge >= 0.3 is 0 Å². The molecule has 0 aliphatic rings. The number of rotatable bonds is 7. The van der Waals surface area contributed by atoms with Gasteiger partial charge in [0.15, 0.2) is 0 Å². The predicted molar refractivity (Wildman–Crippen MR) is 92.4 cm³/mol. The molecule has 0 fully saturated rings. The highest BCUT2D eigenvalue weighted by Crippen LogP contribution is 2.30. The molecule has 0 bridgehead atoms. The van der Waals surface area contributed by atoms with Gasteiger partial charge in [0.05, 0.1) is 24.2 Å². The Labute approximate surface area is 140 Å². The first kappa shape index (κ1) is 16.7. The minimum absolute atomic E-state index is 0.473. The molecule has 6 heteroatoms. The topological polar surface area (TPSA) is 85.5 Å². The van der Waals surface area contributed by atoms with E-state index in [-0.39, 0.29) is 0 Å². The van der Waals surface area contributed by atoms with E-state index in [1.165, 1.54) is 0 Å². The Morgan fingerprint density at radius 1 is 1.17 bits per heavy atom. The molecule has 3 N–H and O–H groups in total. The zero-order valence-electron chi connectivity index (χ0n) is 13.9. The Morgan fingerprint density at radius 2 is 1.92 bits per heavy atom. The maximum atomic E-state index is 9.77. The molecule has 128 valence electrons. The summed E-state index contributed by atoms with van der Waals surface area (Å²) in [5.74, 6) is 0.747. The number of pyridine rings is 1. The largest absolute Gasteiger partial charge is 0.463 e. The summed E-state index contributed by atoms with van der Waals surface area (Å²) in [6, 6.07) is 7.67. The van der Waals surface area contributed by atoms with Gasteiger partial charge in [0, 0.05) is 36.8 Å². The fourth-order valence-corrected chi connectivity index (χ4v) is 3.05. The average molecular weight is 329 g/mol. The molecule has 0 unspecified atom stereocenters. The van der Waals surface area contributed by atoms with E-state index in [0.717, 1.165) is 28.1 Å². The lowest BCUT2D eigenvalue weighted by Crippen LogP contribution is -2.35. The first-order valence-corrected chi connectivity index (χ1v) is 8.12. The molecule has 0 saturated heterocycles. The van der Waals surface area contributed by atoms with E-state index in [0.29, 0.717) is 19.6 Å². The number of aliphatic hydroxyl groups is 2. The first-order valence-electron chi connectivity index (χ1n) is 8.12. The third-order valence-electron chi connectivity index (χ3n) is 3.87. The Morgan fingerprint density at radius 3 is 2.54 bits per heavy atom. The van der Waals surface area contributed by atoms with Gasteiger partial charge in [-0.25, -0.2) is 4.98 Å². The monoisotopic (exact) mass is 329 g/mol. The van der Waals surface area contributed by atoms with Crippen molar-refractivity contribution in [3.63, 3.8) is 0 Å². The number of aromatic amines is 1. The molecule has 3 rings (SSSR count). The first-order chi connectivity index (χ1) is 11.5. The van der Waals surface area contributed by atoms with Crippen LogP contribution in [0.25, 0.3) is 22.5 Å². The quantitative estimate of drug-likeness (QED) is 0.620. The van der Waals surface area contributed by atoms with Crippen molar-refractivity contribution in [1.82, 2.24) is 14.9 Å². The Hall–Kier alpha value is -2.15. The Balaban J connectivity index is 2.01. The van der Waals surface area contributed by atoms with Crippen LogP contribution in [-0.4, -0.2) is 50.4 Å². The fourth-order valence-electron chi connectivity index (χ4n) is 3.05. The van der Waals surface area contributed by atoms with Gasteiger partial charge in [0.2, 0.25) is 0 Å². The van der Waals surface area contributed by atoms with Gasteiger partial charge in [-0.2, -0.15) is 0 Å². The van der Waals surface area contributed by atoms with Crippen LogP contribution in [0.5, 0.6) is 0 Å². The highest BCUT2D eigenvalue weighted by atomic mass is 16.3. The molecule has 0 radical (unpaired) electrons. The van der Waals surface area contributed by atoms with Gasteiger partial charge in [-0.15, -0.1) is 0 Å². The molecule has 3 heterocycles. The second kappa shape index (κ2) is 7.17. The second-order valence-corrected chi connectivity index (χ2v) is 6.25. The molecule has 0 spiro atoms. The molecular formula is C18H23N3O3. The predicted octanol–water partition coefficient (Wildman–Crippen LogP) is 2.39. The van der Waals surface area contributed by atoms with Gasteiger partial charge in [-0.05, 0) is 38.1 Å². The van der Waals surface area contributed by atoms with Crippen LogP contribution < -0.4 is 0 Å². The lowest BCUT2D eigenvalue weighted by Gasteiger charge is -2.25. The summed E-state index contributed by atoms with van der Waals surface area (Å²) >= 11 is 0. The average Bonchev–Trinajstić information content (AvgIpc) is 3.14. The van der Waals surface area contributed by atoms with Crippen LogP contribution >= 0.6 is 0 Å². The number of H-pyrrole nitrogens is 1. The van der Waals surface area contributed by atoms with Crippen molar-refractivity contribution >= 4 is 11.0 Å². The Bertz CT molecular complexity index is 768. The maximum Gasteiger partial charge on any atom is 0.150 e. The van der Waals surface area contributed by atoms with Gasteiger partial charge < -0.3 is 19.6 Å². The summed E-state index contributed by atoms with van der Waals surface area (Å²) in [4.78, 5) is 9.75. The van der Waals surface area contributed by atoms with Crippen molar-refractivity contribution in [3.8, 4) is 11.5 Å². The summed E-state index contributed by atoms with van der Waals surface area (Å²) in [5, 5.41) is 20.6. The SMILES string of the molecule is C[C@H](O)CN(Cc1c(-c2ccco2)[nH]c2ncccc12)C[C@H](C)O. The van der Waals surface area contributed by atoms with Crippen molar-refractivity contribution in [2.24, 2.45) is 0 Å². The van der Waals surface area contributed by atoms with Crippen LogP contribution in [0.3, 0.4) is 0 Å². The van der Waals surface area contributed by atoms with E-state index in [9.17, 15) is 10.2 Å². The minimum Gasteiger partial charge on any atom is -0.463 e. The molecule has 0 saturated carbocycles. The smallest absolute Gasteiger partial charge is 0.150 e. The van der Waals surface area contributed by atoms with Crippen LogP contribution in [0.1, 0.15) is 19.4 Å². The number of hydrogen-bond donors (Lipinski definition) is 3. The lowest BCUT2D eigenvalue weighted by atomic mass is 10.1. The van der Waals surface area contributed by atoms with Crippen LogP contribution in [0.15, 0.2) is 41.1 Å². The number of aromatic nitrogens is 2. The van der Waals surface area contributed by atoms with Crippen molar-refractivity contribution in [2.75, 3.05) is 13.1 Å². The molecule has 0 aliphatic heterocycles. The molecule has 6 nitrogen and oxygen atoms in total. The van der Waals surface area contributed by atoms with E-state index >= 15 is 0 Å². The normalized spacial score (nSPS) is 14.4. The van der Waals surface area contributed by atoms with Crippen molar-refractivity contribution in [1.29, 1.82) is 0 Å². The standard InChI is InChI=1S/C18H23N3O3/c1-12(22)9-21(10-13(2)23)11-15-14-5-3-7-19-18(14)20-17(15)16-6-4-8-24-16/h3-8,12-13,22-23H,9-11H2,1-2H3,(H,19,20)/t12-,13-/m0/s1. The van der Waals surface area contributed by atoms with Gasteiger partial charge in [0.25, 0.3) is 0 Å². The molecular weight excluding hydrogens is 306 g/mol. The van der Waals surface area contributed by atoms with E-state index in [4.69, 9.17) is 4.42 Å². The molecule has 0 amide bonds. The third-order valence-corrected chi connectivity index (χ3v) is 3.87. The minimum atomic E-state index is -0.473. The molecule has 3 aromatic heterocycles. The van der Waals surface area contributed by atoms with E-state index in [1.807, 2.05) is 29.2 Å². The highest BCUT2D eigenvalue weighted by Gasteiger charge is 2.20. The van der Waals surface area contributed by atoms with Crippen LogP contribution in [-0.2, 0) is 6.54 Å². The lowest BCUT2D eigenvalue weighted by molar-refractivity contribution is 0.0797. The fraction of sp³-hybridized carbons (Fsp3) is 0.389. The van der Waals surface area contributed by atoms with Gasteiger partial charge in [0.1, 0.15) is 11.4 Å². The number of fused-ring (bicyclic) bond motifs is 1. The summed E-state index contributed by atoms with van der Waals surface area (Å²) in [6.07, 6.45) is 2.44.